The Morgan fingerprint density at radius 2 is 1.81 bits per heavy atom. The average molecular weight is 513 g/mol. The van der Waals surface area contributed by atoms with Gasteiger partial charge in [-0.2, -0.15) is 0 Å². The van der Waals surface area contributed by atoms with Crippen molar-refractivity contribution in [1.82, 2.24) is 0 Å². The van der Waals surface area contributed by atoms with E-state index in [-0.39, 0.29) is 4.90 Å². The third kappa shape index (κ3) is 4.88. The van der Waals surface area contributed by atoms with Crippen LogP contribution in [0.2, 0.25) is 0 Å². The molecular formula is C27H29FN2O5S. The first-order valence-corrected chi connectivity index (χ1v) is 13.0. The van der Waals surface area contributed by atoms with Crippen LogP contribution in [0, 0.1) is 26.6 Å². The van der Waals surface area contributed by atoms with Gasteiger partial charge in [-0.05, 0) is 68.1 Å². The summed E-state index contributed by atoms with van der Waals surface area (Å²) in [6, 6.07) is 13.3. The number of aryl methyl sites for hydroxylation is 3. The Morgan fingerprint density at radius 3 is 2.44 bits per heavy atom. The van der Waals surface area contributed by atoms with Crippen molar-refractivity contribution in [2.75, 3.05) is 29.4 Å². The van der Waals surface area contributed by atoms with Gasteiger partial charge < -0.3 is 14.7 Å². The summed E-state index contributed by atoms with van der Waals surface area (Å²) in [4.78, 5) is 14.0. The first kappa shape index (κ1) is 25.5. The molecule has 36 heavy (non-hydrogen) atoms. The number of methoxy groups -OCH3 is 1. The maximum Gasteiger partial charge on any atom is 0.324 e. The zero-order valence-corrected chi connectivity index (χ0v) is 21.5. The average Bonchev–Trinajstić information content (AvgIpc) is 3.19. The lowest BCUT2D eigenvalue weighted by atomic mass is 10.1. The highest BCUT2D eigenvalue weighted by Crippen LogP contribution is 2.39. The Morgan fingerprint density at radius 1 is 1.11 bits per heavy atom. The smallest absolute Gasteiger partial charge is 0.324 e. The van der Waals surface area contributed by atoms with Gasteiger partial charge in [0.15, 0.2) is 0 Å². The number of hydrogen-bond acceptors (Lipinski definition) is 5. The van der Waals surface area contributed by atoms with E-state index in [9.17, 15) is 22.7 Å². The monoisotopic (exact) mass is 512 g/mol. The number of benzene rings is 3. The number of carbonyl (C=O) groups is 1. The molecule has 0 saturated heterocycles. The predicted molar refractivity (Wildman–Crippen MR) is 137 cm³/mol. The van der Waals surface area contributed by atoms with Crippen molar-refractivity contribution in [3.63, 3.8) is 0 Å². The quantitative estimate of drug-likeness (QED) is 0.475. The fourth-order valence-corrected chi connectivity index (χ4v) is 6.90. The van der Waals surface area contributed by atoms with Crippen LogP contribution in [-0.2, 0) is 27.8 Å². The molecular weight excluding hydrogens is 483 g/mol. The second-order valence-electron chi connectivity index (χ2n) is 9.08. The van der Waals surface area contributed by atoms with Crippen LogP contribution >= 0.6 is 0 Å². The van der Waals surface area contributed by atoms with E-state index in [2.05, 4.69) is 0 Å². The summed E-state index contributed by atoms with van der Waals surface area (Å²) in [7, 11) is -2.69. The highest BCUT2D eigenvalue weighted by Gasteiger charge is 2.34. The van der Waals surface area contributed by atoms with Crippen LogP contribution in [0.15, 0.2) is 53.4 Å². The van der Waals surface area contributed by atoms with Crippen molar-refractivity contribution in [2.24, 2.45) is 0 Å². The van der Waals surface area contributed by atoms with Gasteiger partial charge in [-0.1, -0.05) is 23.8 Å². The molecule has 1 N–H and O–H groups in total. The molecule has 0 bridgehead atoms. The summed E-state index contributed by atoms with van der Waals surface area (Å²) in [5, 5.41) is 9.64. The lowest BCUT2D eigenvalue weighted by molar-refractivity contribution is -0.135. The first-order chi connectivity index (χ1) is 17.0. The molecule has 1 heterocycles. The minimum atomic E-state index is -4.17. The van der Waals surface area contributed by atoms with E-state index in [0.717, 1.165) is 21.1 Å². The summed E-state index contributed by atoms with van der Waals surface area (Å²) in [5.74, 6) is -1.24. The van der Waals surface area contributed by atoms with E-state index >= 15 is 0 Å². The van der Waals surface area contributed by atoms with Gasteiger partial charge in [0.2, 0.25) is 0 Å². The Hall–Kier alpha value is -3.59. The SMILES string of the molecule is COc1cc(F)cc(CN2CCc3c2cccc3N(CC(=O)O)S(=O)(=O)c2c(C)cc(C)cc2C)c1. The number of carboxylic acid groups (broad SMARTS) is 1. The molecule has 0 aromatic heterocycles. The Balaban J connectivity index is 1.77. The minimum absolute atomic E-state index is 0.119. The number of carboxylic acids is 1. The molecule has 0 aliphatic carbocycles. The van der Waals surface area contributed by atoms with Crippen LogP contribution in [-0.4, -0.2) is 39.7 Å². The van der Waals surface area contributed by atoms with Crippen molar-refractivity contribution >= 4 is 27.4 Å². The molecule has 7 nitrogen and oxygen atoms in total. The maximum atomic E-state index is 14.0. The van der Waals surface area contributed by atoms with Gasteiger partial charge in [-0.25, -0.2) is 12.8 Å². The van der Waals surface area contributed by atoms with Gasteiger partial charge in [0.1, 0.15) is 18.1 Å². The molecule has 190 valence electrons. The minimum Gasteiger partial charge on any atom is -0.497 e. The highest BCUT2D eigenvalue weighted by molar-refractivity contribution is 7.93. The molecule has 1 aliphatic heterocycles. The Kier molecular flexibility index (Phi) is 6.95. The van der Waals surface area contributed by atoms with Crippen molar-refractivity contribution in [1.29, 1.82) is 0 Å². The van der Waals surface area contributed by atoms with Crippen molar-refractivity contribution in [2.45, 2.75) is 38.6 Å². The van der Waals surface area contributed by atoms with Crippen LogP contribution in [0.5, 0.6) is 5.75 Å². The second kappa shape index (κ2) is 9.81. The number of fused-ring (bicyclic) bond motifs is 1. The van der Waals surface area contributed by atoms with Gasteiger partial charge in [0.05, 0.1) is 17.7 Å². The van der Waals surface area contributed by atoms with Crippen LogP contribution in [0.1, 0.15) is 27.8 Å². The number of nitrogens with zero attached hydrogens (tertiary/aromatic N) is 2. The molecule has 0 amide bonds. The molecule has 0 atom stereocenters. The van der Waals surface area contributed by atoms with Gasteiger partial charge in [0, 0.05) is 30.4 Å². The van der Waals surface area contributed by atoms with Crippen LogP contribution in [0.4, 0.5) is 15.8 Å². The van der Waals surface area contributed by atoms with E-state index in [4.69, 9.17) is 4.74 Å². The largest absolute Gasteiger partial charge is 0.497 e. The topological polar surface area (TPSA) is 87.2 Å². The molecule has 0 radical (unpaired) electrons. The number of anilines is 2. The Bertz CT molecular complexity index is 1420. The fraction of sp³-hybridized carbons (Fsp3) is 0.296. The molecule has 1 aliphatic rings. The van der Waals surface area contributed by atoms with Crippen LogP contribution in [0.25, 0.3) is 0 Å². The molecule has 3 aromatic carbocycles. The van der Waals surface area contributed by atoms with Crippen molar-refractivity contribution in [3.05, 3.63) is 82.2 Å². The van der Waals surface area contributed by atoms with E-state index in [1.54, 1.807) is 44.2 Å². The number of halogens is 1. The summed E-state index contributed by atoms with van der Waals surface area (Å²) in [6.45, 7) is 5.60. The summed E-state index contributed by atoms with van der Waals surface area (Å²) in [5.41, 5.74) is 4.65. The number of aliphatic carboxylic acids is 1. The lowest BCUT2D eigenvalue weighted by Crippen LogP contribution is -2.37. The normalized spacial score (nSPS) is 13.0. The standard InChI is InChI=1S/C27H29FN2O5S/c1-17-10-18(2)27(19(3)11-17)36(33,34)30(16-26(31)32)25-7-5-6-24-23(25)8-9-29(24)15-20-12-21(28)14-22(13-20)35-4/h5-7,10-14H,8-9,15-16H2,1-4H3,(H,31,32). The van der Waals surface area contributed by atoms with E-state index < -0.39 is 28.4 Å². The van der Waals surface area contributed by atoms with E-state index in [1.807, 2.05) is 17.9 Å². The Labute approximate surface area is 210 Å². The van der Waals surface area contributed by atoms with Gasteiger partial charge in [0.25, 0.3) is 10.0 Å². The number of hydrogen-bond donors (Lipinski definition) is 1. The summed E-state index contributed by atoms with van der Waals surface area (Å²) in [6.07, 6.45) is 0.523. The van der Waals surface area contributed by atoms with Gasteiger partial charge in [-0.15, -0.1) is 0 Å². The molecule has 0 saturated carbocycles. The molecule has 3 aromatic rings. The molecule has 4 rings (SSSR count). The first-order valence-electron chi connectivity index (χ1n) is 11.5. The van der Waals surface area contributed by atoms with Crippen LogP contribution in [0.3, 0.4) is 0 Å². The van der Waals surface area contributed by atoms with Gasteiger partial charge >= 0.3 is 5.97 Å². The molecule has 9 heteroatoms. The molecule has 0 spiro atoms. The second-order valence-corrected chi connectivity index (χ2v) is 10.9. The van der Waals surface area contributed by atoms with Crippen molar-refractivity contribution in [3.8, 4) is 5.75 Å². The van der Waals surface area contributed by atoms with Gasteiger partial charge in [-0.3, -0.25) is 9.10 Å². The number of ether oxygens (including phenoxy) is 1. The molecule has 0 fully saturated rings. The third-order valence-corrected chi connectivity index (χ3v) is 8.41. The third-order valence-electron chi connectivity index (χ3n) is 6.34. The maximum absolute atomic E-state index is 14.0. The number of sulfonamides is 1. The van der Waals surface area contributed by atoms with E-state index in [1.165, 1.54) is 19.2 Å². The highest BCUT2D eigenvalue weighted by atomic mass is 32.2. The zero-order chi connectivity index (χ0) is 26.2. The lowest BCUT2D eigenvalue weighted by Gasteiger charge is -2.27. The molecule has 0 unspecified atom stereocenters. The zero-order valence-electron chi connectivity index (χ0n) is 20.7. The number of rotatable bonds is 8. The van der Waals surface area contributed by atoms with Crippen molar-refractivity contribution < 1.29 is 27.4 Å². The fourth-order valence-electron chi connectivity index (χ4n) is 5.04. The van der Waals surface area contributed by atoms with Crippen LogP contribution < -0.4 is 13.9 Å². The summed E-state index contributed by atoms with van der Waals surface area (Å²) < 4.78 is 48.0. The van der Waals surface area contributed by atoms with E-state index in [0.29, 0.717) is 47.6 Å². The predicted octanol–water partition coefficient (Wildman–Crippen LogP) is 4.60. The summed E-state index contributed by atoms with van der Waals surface area (Å²) >= 11 is 0.